The Hall–Kier alpha value is -0.353. The van der Waals surface area contributed by atoms with Gasteiger partial charge in [-0.2, -0.15) is 0 Å². The first kappa shape index (κ1) is 9.84. The average molecular weight is 223 g/mol. The summed E-state index contributed by atoms with van der Waals surface area (Å²) >= 11 is 0. The van der Waals surface area contributed by atoms with Gasteiger partial charge in [-0.3, -0.25) is 4.79 Å². The van der Waals surface area contributed by atoms with Gasteiger partial charge in [0.15, 0.2) is 0 Å². The number of fused-ring (bicyclic) bond motifs is 3. The number of carbonyl (C=O) groups excluding carboxylic acids is 1. The van der Waals surface area contributed by atoms with Crippen molar-refractivity contribution in [1.29, 1.82) is 0 Å². The molecule has 3 rings (SSSR count). The van der Waals surface area contributed by atoms with E-state index in [9.17, 15) is 4.79 Å². The molecular formula is C11H15O3Si. The summed E-state index contributed by atoms with van der Waals surface area (Å²) in [6, 6.07) is 0. The summed E-state index contributed by atoms with van der Waals surface area (Å²) in [7, 11) is 3.36. The van der Waals surface area contributed by atoms with E-state index >= 15 is 0 Å². The minimum Gasteiger partial charge on any atom is -0.465 e. The predicted octanol–water partition coefficient (Wildman–Crippen LogP) is 0.861. The highest BCUT2D eigenvalue weighted by atomic mass is 28.1. The zero-order valence-corrected chi connectivity index (χ0v) is 9.70. The minimum atomic E-state index is 0.000129. The van der Waals surface area contributed by atoms with E-state index in [0.717, 1.165) is 12.8 Å². The number of carbonyl (C=O) groups is 1. The number of cyclic esters (lactones) is 1. The van der Waals surface area contributed by atoms with Crippen LogP contribution >= 0.6 is 0 Å². The molecule has 2 bridgehead atoms. The third kappa shape index (κ3) is 1.38. The van der Waals surface area contributed by atoms with Gasteiger partial charge in [-0.05, 0) is 31.1 Å². The Morgan fingerprint density at radius 2 is 2.40 bits per heavy atom. The maximum Gasteiger partial charge on any atom is 0.306 e. The summed E-state index contributed by atoms with van der Waals surface area (Å²) in [5.74, 6) is 1.30. The average Bonchev–Trinajstić information content (AvgIpc) is 2.83. The molecule has 1 spiro atoms. The Labute approximate surface area is 92.9 Å². The first-order valence-corrected chi connectivity index (χ1v) is 6.36. The Morgan fingerprint density at radius 1 is 1.53 bits per heavy atom. The molecule has 1 saturated heterocycles. The first-order chi connectivity index (χ1) is 7.23. The van der Waals surface area contributed by atoms with Gasteiger partial charge in [0.05, 0.1) is 29.4 Å². The molecule has 0 aromatic heterocycles. The van der Waals surface area contributed by atoms with E-state index in [1.807, 2.05) is 0 Å². The van der Waals surface area contributed by atoms with Crippen LogP contribution in [0.2, 0.25) is 0 Å². The molecule has 2 aliphatic carbocycles. The number of hydrogen-bond acceptors (Lipinski definition) is 3. The maximum atomic E-state index is 11.2. The molecule has 0 amide bonds. The van der Waals surface area contributed by atoms with Gasteiger partial charge in [0, 0.05) is 11.6 Å². The van der Waals surface area contributed by atoms with Crippen LogP contribution in [0, 0.1) is 17.3 Å². The first-order valence-electron chi connectivity index (χ1n) is 5.65. The highest BCUT2D eigenvalue weighted by Gasteiger charge is 2.58. The van der Waals surface area contributed by atoms with E-state index in [0.29, 0.717) is 37.2 Å². The molecule has 2 saturated carbocycles. The van der Waals surface area contributed by atoms with Crippen LogP contribution in [0.5, 0.6) is 0 Å². The second kappa shape index (κ2) is 3.32. The Kier molecular flexibility index (Phi) is 2.18. The molecule has 3 nitrogen and oxygen atoms in total. The van der Waals surface area contributed by atoms with Crippen molar-refractivity contribution in [2.75, 3.05) is 12.8 Å². The van der Waals surface area contributed by atoms with Gasteiger partial charge >= 0.3 is 5.97 Å². The van der Waals surface area contributed by atoms with Crippen LogP contribution in [0.25, 0.3) is 0 Å². The Morgan fingerprint density at radius 3 is 2.93 bits per heavy atom. The van der Waals surface area contributed by atoms with Gasteiger partial charge in [0.25, 0.3) is 0 Å². The minimum absolute atomic E-state index is 0.000129. The van der Waals surface area contributed by atoms with Gasteiger partial charge in [-0.15, -0.1) is 0 Å². The van der Waals surface area contributed by atoms with Crippen LogP contribution in [-0.4, -0.2) is 35.2 Å². The van der Waals surface area contributed by atoms with Crippen molar-refractivity contribution in [3.8, 4) is 0 Å². The van der Waals surface area contributed by atoms with E-state index in [2.05, 4.69) is 10.2 Å². The van der Waals surface area contributed by atoms with Crippen molar-refractivity contribution in [3.05, 3.63) is 0 Å². The van der Waals surface area contributed by atoms with Gasteiger partial charge in [-0.25, -0.2) is 0 Å². The molecule has 1 aliphatic heterocycles. The molecule has 1 heterocycles. The van der Waals surface area contributed by atoms with Crippen molar-refractivity contribution in [1.82, 2.24) is 0 Å². The SMILES string of the molecule is O=C1CC2(CO1)CC1CC2CC1OC[Si]. The van der Waals surface area contributed by atoms with E-state index in [1.54, 1.807) is 0 Å². The third-order valence-corrected chi connectivity index (χ3v) is 4.65. The Balaban J connectivity index is 1.72. The second-order valence-electron chi connectivity index (χ2n) is 5.18. The number of ether oxygens (including phenoxy) is 2. The largest absolute Gasteiger partial charge is 0.465 e. The molecule has 81 valence electrons. The molecule has 3 aliphatic rings. The van der Waals surface area contributed by atoms with Gasteiger partial charge in [0.2, 0.25) is 0 Å². The second-order valence-corrected chi connectivity index (χ2v) is 5.47. The lowest BCUT2D eigenvalue weighted by Gasteiger charge is -2.34. The molecule has 4 unspecified atom stereocenters. The van der Waals surface area contributed by atoms with Crippen LogP contribution in [0.4, 0.5) is 0 Å². The van der Waals surface area contributed by atoms with Crippen molar-refractivity contribution in [3.63, 3.8) is 0 Å². The zero-order valence-electron chi connectivity index (χ0n) is 8.70. The van der Waals surface area contributed by atoms with Gasteiger partial charge in [-0.1, -0.05) is 0 Å². The van der Waals surface area contributed by atoms with Gasteiger partial charge < -0.3 is 9.47 Å². The predicted molar refractivity (Wildman–Crippen MR) is 54.3 cm³/mol. The summed E-state index contributed by atoms with van der Waals surface area (Å²) in [5.41, 5.74) is 0.188. The lowest BCUT2D eigenvalue weighted by Crippen LogP contribution is -2.34. The fourth-order valence-electron chi connectivity index (χ4n) is 3.81. The Bertz CT molecular complexity index is 294. The monoisotopic (exact) mass is 223 g/mol. The molecule has 3 fully saturated rings. The standard InChI is InChI=1S/C11H15O3Si/c12-10-4-11(5-13-10)3-7-1-8(11)2-9(7)14-6-15/h7-9H,1-6H2. The van der Waals surface area contributed by atoms with E-state index in [4.69, 9.17) is 9.47 Å². The topological polar surface area (TPSA) is 35.5 Å². The van der Waals surface area contributed by atoms with Crippen LogP contribution in [0.15, 0.2) is 0 Å². The highest BCUT2D eigenvalue weighted by Crippen LogP contribution is 2.60. The van der Waals surface area contributed by atoms with Crippen molar-refractivity contribution < 1.29 is 14.3 Å². The van der Waals surface area contributed by atoms with Gasteiger partial charge in [0.1, 0.15) is 0 Å². The molecule has 3 radical (unpaired) electrons. The summed E-state index contributed by atoms with van der Waals surface area (Å²) in [6.07, 6.45) is 5.15. The zero-order chi connectivity index (χ0) is 10.5. The smallest absolute Gasteiger partial charge is 0.306 e. The molecule has 4 heteroatoms. The third-order valence-electron chi connectivity index (χ3n) is 4.48. The molecule has 15 heavy (non-hydrogen) atoms. The summed E-state index contributed by atoms with van der Waals surface area (Å²) in [4.78, 5) is 11.2. The number of rotatable bonds is 2. The van der Waals surface area contributed by atoms with E-state index in [1.165, 1.54) is 6.42 Å². The van der Waals surface area contributed by atoms with Crippen LogP contribution in [-0.2, 0) is 14.3 Å². The fourth-order valence-corrected chi connectivity index (χ4v) is 4.02. The summed E-state index contributed by atoms with van der Waals surface area (Å²) in [6.45, 7) is 0.660. The molecule has 4 atom stereocenters. The molecule has 0 aromatic carbocycles. The normalized spacial score (nSPS) is 47.8. The molecular weight excluding hydrogens is 208 g/mol. The van der Waals surface area contributed by atoms with Crippen LogP contribution in [0.1, 0.15) is 25.7 Å². The summed E-state index contributed by atoms with van der Waals surface area (Å²) < 4.78 is 10.8. The van der Waals surface area contributed by atoms with Crippen LogP contribution in [0.3, 0.4) is 0 Å². The summed E-state index contributed by atoms with van der Waals surface area (Å²) in [5, 5.41) is 0. The lowest BCUT2D eigenvalue weighted by molar-refractivity contribution is -0.137. The van der Waals surface area contributed by atoms with E-state index < -0.39 is 0 Å². The quantitative estimate of drug-likeness (QED) is 0.514. The van der Waals surface area contributed by atoms with Crippen molar-refractivity contribution >= 4 is 16.2 Å². The van der Waals surface area contributed by atoms with Crippen LogP contribution < -0.4 is 0 Å². The molecule has 0 aromatic rings. The number of esters is 1. The van der Waals surface area contributed by atoms with E-state index in [-0.39, 0.29) is 11.4 Å². The fraction of sp³-hybridized carbons (Fsp3) is 0.909. The van der Waals surface area contributed by atoms with Crippen molar-refractivity contribution in [2.45, 2.75) is 31.8 Å². The highest BCUT2D eigenvalue weighted by molar-refractivity contribution is 6.08. The maximum absolute atomic E-state index is 11.2. The lowest BCUT2D eigenvalue weighted by atomic mass is 9.72. The number of hydrogen-bond donors (Lipinski definition) is 0. The molecule has 0 N–H and O–H groups in total. The van der Waals surface area contributed by atoms with Crippen molar-refractivity contribution in [2.24, 2.45) is 17.3 Å².